The smallest absolute Gasteiger partial charge is 0.409 e. The lowest BCUT2D eigenvalue weighted by Crippen LogP contribution is -2.63. The Hall–Kier alpha value is -8.63. The van der Waals surface area contributed by atoms with E-state index >= 15 is 0 Å². The third-order valence-corrected chi connectivity index (χ3v) is 17.6. The van der Waals surface area contributed by atoms with Gasteiger partial charge in [0.1, 0.15) is 47.2 Å². The molecule has 10 atom stereocenters. The highest BCUT2D eigenvalue weighted by Gasteiger charge is 2.62. The second-order valence-electron chi connectivity index (χ2n) is 24.3. The van der Waals surface area contributed by atoms with Crippen LogP contribution in [0.25, 0.3) is 0 Å². The van der Waals surface area contributed by atoms with Gasteiger partial charge in [0.15, 0.2) is 5.72 Å². The highest BCUT2D eigenvalue weighted by atomic mass is 35.5. The maximum absolute atomic E-state index is 14.6. The van der Waals surface area contributed by atoms with Crippen molar-refractivity contribution in [3.8, 4) is 5.75 Å². The molecule has 0 spiro atoms. The molecule has 1 aliphatic carbocycles. The number of likely N-dealkylation sites (N-methyl/N-ethyl adjacent to an activating group) is 1. The zero-order valence-corrected chi connectivity index (χ0v) is 54.4. The minimum atomic E-state index is -1.89. The zero-order chi connectivity index (χ0) is 68.1. The number of esters is 1. The van der Waals surface area contributed by atoms with Crippen molar-refractivity contribution >= 4 is 94.3 Å². The molecule has 3 fully saturated rings. The van der Waals surface area contributed by atoms with Crippen molar-refractivity contribution in [3.05, 3.63) is 75.8 Å². The van der Waals surface area contributed by atoms with Crippen LogP contribution in [0.15, 0.2) is 54.1 Å². The number of hydrogen-bond acceptors (Lipinski definition) is 18. The van der Waals surface area contributed by atoms with E-state index < -0.39 is 131 Å². The summed E-state index contributed by atoms with van der Waals surface area (Å²) in [4.78, 5) is 166. The lowest BCUT2D eigenvalue weighted by Gasteiger charge is -2.42. The van der Waals surface area contributed by atoms with Crippen LogP contribution in [-0.2, 0) is 63.8 Å². The molecule has 6 rings (SSSR count). The van der Waals surface area contributed by atoms with E-state index in [1.165, 1.54) is 65.4 Å². The molecule has 3 aliphatic heterocycles. The Balaban J connectivity index is 1.20. The number of rotatable bonds is 23. The minimum Gasteiger partial charge on any atom is -0.495 e. The number of fused-ring (bicyclic) bond motifs is 5. The van der Waals surface area contributed by atoms with Crippen LogP contribution in [-0.4, -0.2) is 170 Å². The van der Waals surface area contributed by atoms with Gasteiger partial charge in [-0.25, -0.2) is 19.2 Å². The first-order chi connectivity index (χ1) is 43.4. The largest absolute Gasteiger partial charge is 0.495 e. The molecule has 502 valence electrons. The van der Waals surface area contributed by atoms with Gasteiger partial charge in [-0.1, -0.05) is 63.1 Å². The summed E-state index contributed by atoms with van der Waals surface area (Å²) >= 11 is 6.88. The van der Waals surface area contributed by atoms with Crippen molar-refractivity contribution in [2.24, 2.45) is 28.9 Å². The molecule has 3 heterocycles. The molecular formula is C63H85ClN10O18. The fourth-order valence-corrected chi connectivity index (χ4v) is 11.8. The molecule has 28 nitrogen and oxygen atoms in total. The van der Waals surface area contributed by atoms with Crippen LogP contribution >= 0.6 is 11.6 Å². The number of nitrogens with zero attached hydrogens (tertiary/aromatic N) is 3. The number of halogens is 1. The first-order valence-corrected chi connectivity index (χ1v) is 30.8. The van der Waals surface area contributed by atoms with Crippen molar-refractivity contribution in [2.75, 3.05) is 52.1 Å². The van der Waals surface area contributed by atoms with Gasteiger partial charge in [-0.15, -0.1) is 5.06 Å². The van der Waals surface area contributed by atoms with E-state index in [1.807, 2.05) is 26.8 Å². The molecular weight excluding hydrogens is 1220 g/mol. The van der Waals surface area contributed by atoms with Crippen LogP contribution in [0, 0.1) is 23.2 Å². The number of primary amides is 1. The van der Waals surface area contributed by atoms with Gasteiger partial charge in [-0.2, -0.15) is 0 Å². The maximum Gasteiger partial charge on any atom is 0.409 e. The molecule has 2 aromatic rings. The van der Waals surface area contributed by atoms with E-state index in [2.05, 4.69) is 31.9 Å². The monoisotopic (exact) mass is 1300 g/mol. The van der Waals surface area contributed by atoms with Gasteiger partial charge in [0.25, 0.3) is 23.6 Å². The Morgan fingerprint density at radius 3 is 2.26 bits per heavy atom. The molecule has 2 aromatic carbocycles. The number of carbonyl (C=O) groups excluding carboxylic acids is 12. The summed E-state index contributed by atoms with van der Waals surface area (Å²) in [5.74, 6) is -8.16. The van der Waals surface area contributed by atoms with Gasteiger partial charge in [0.2, 0.25) is 23.6 Å². The van der Waals surface area contributed by atoms with Crippen molar-refractivity contribution in [3.63, 3.8) is 0 Å². The lowest BCUT2D eigenvalue weighted by atomic mass is 9.83. The fraction of sp³-hybridized carbons (Fsp3) is 0.556. The number of alkyl carbamates (subject to hydrolysis) is 1. The highest BCUT2D eigenvalue weighted by molar-refractivity contribution is 6.35. The predicted molar refractivity (Wildman–Crippen MR) is 333 cm³/mol. The summed E-state index contributed by atoms with van der Waals surface area (Å²) in [5.41, 5.74) is 3.96. The number of nitrogens with one attached hydrogen (secondary N) is 6. The topological polar surface area (TPSA) is 379 Å². The minimum absolute atomic E-state index is 0.00222. The number of hydrogen-bond donors (Lipinski definition) is 8. The van der Waals surface area contributed by atoms with Gasteiger partial charge in [-0.3, -0.25) is 43.7 Å². The number of unbranched alkanes of at least 4 members (excludes halogenated alkanes) is 1. The van der Waals surface area contributed by atoms with E-state index in [1.54, 1.807) is 38.1 Å². The molecule has 1 saturated carbocycles. The van der Waals surface area contributed by atoms with Gasteiger partial charge in [0, 0.05) is 77.9 Å². The number of ether oxygens (including phenoxy) is 4. The van der Waals surface area contributed by atoms with Crippen molar-refractivity contribution < 1.29 is 86.4 Å². The third-order valence-electron chi connectivity index (χ3n) is 17.3. The van der Waals surface area contributed by atoms with E-state index in [0.29, 0.717) is 29.3 Å². The van der Waals surface area contributed by atoms with Crippen LogP contribution < -0.4 is 47.3 Å². The van der Waals surface area contributed by atoms with Crippen molar-refractivity contribution in [1.29, 1.82) is 0 Å². The number of carbonyl (C=O) groups is 12. The molecule has 29 heteroatoms. The summed E-state index contributed by atoms with van der Waals surface area (Å²) < 4.78 is 23.5. The Morgan fingerprint density at radius 2 is 1.62 bits per heavy atom. The number of urea groups is 1. The number of benzene rings is 2. The average molecular weight is 1310 g/mol. The van der Waals surface area contributed by atoms with Crippen molar-refractivity contribution in [2.45, 2.75) is 161 Å². The highest BCUT2D eigenvalue weighted by Crippen LogP contribution is 2.61. The van der Waals surface area contributed by atoms with Crippen LogP contribution in [0.1, 0.15) is 138 Å². The van der Waals surface area contributed by atoms with Gasteiger partial charge >= 0.3 is 24.1 Å². The summed E-state index contributed by atoms with van der Waals surface area (Å²) in [6, 6.07) is 2.61. The molecule has 0 radical (unpaired) electrons. The second-order valence-corrected chi connectivity index (χ2v) is 24.7. The average Bonchev–Trinajstić information content (AvgIpc) is 1.57. The number of allylic oxidation sites excluding steroid dienone is 3. The number of methoxy groups -OCH3 is 2. The summed E-state index contributed by atoms with van der Waals surface area (Å²) in [6.07, 6.45) is 1.50. The van der Waals surface area contributed by atoms with E-state index in [9.17, 15) is 62.6 Å². The molecule has 0 unspecified atom stereocenters. The Kier molecular flexibility index (Phi) is 24.9. The molecule has 2 saturated heterocycles. The quantitative estimate of drug-likeness (QED) is 0.0438. The van der Waals surface area contributed by atoms with Crippen LogP contribution in [0.2, 0.25) is 5.02 Å². The third kappa shape index (κ3) is 18.1. The Morgan fingerprint density at radius 1 is 0.935 bits per heavy atom. The second kappa shape index (κ2) is 31.6. The molecule has 11 amide bonds. The first-order valence-electron chi connectivity index (χ1n) is 30.4. The van der Waals surface area contributed by atoms with Crippen LogP contribution in [0.3, 0.4) is 0 Å². The van der Waals surface area contributed by atoms with Crippen LogP contribution in [0.5, 0.6) is 5.75 Å². The number of anilines is 2. The van der Waals surface area contributed by atoms with Gasteiger partial charge in [-0.05, 0) is 106 Å². The SMILES string of the molecule is CNC(=O)c1cc(C(=O)N(C)[C@@H](C)C(=O)O[C@H]2CC(=O)N(C)c3cc(cc(OC)c3Cl)C/C(C)=C/C=C/[C@@H](OC)[C@@]3(O)C[C@H](OC(=O)N3)[C@@H](C)[C@@H]3C[C@@]23C)ccc1NC(=O)[C@H](CCCNC(N)=O)NC(=O)[C@@H](NC(=O)CCCCC(=O)ON1C(=O)CCC1=O)C(C)C. The van der Waals surface area contributed by atoms with Crippen molar-refractivity contribution in [1.82, 2.24) is 36.5 Å². The summed E-state index contributed by atoms with van der Waals surface area (Å²) in [7, 11) is 7.05. The van der Waals surface area contributed by atoms with E-state index in [4.69, 9.17) is 41.1 Å². The normalized spacial score (nSPS) is 24.2. The van der Waals surface area contributed by atoms with Gasteiger partial charge in [0.05, 0.1) is 30.5 Å². The molecule has 0 aromatic heterocycles. The number of imide groups is 1. The maximum atomic E-state index is 14.6. The fourth-order valence-electron chi connectivity index (χ4n) is 11.5. The van der Waals surface area contributed by atoms with Crippen LogP contribution in [0.4, 0.5) is 21.0 Å². The number of hydroxylamine groups is 2. The number of amides is 11. The summed E-state index contributed by atoms with van der Waals surface area (Å²) in [6.45, 7) is 10.3. The number of aliphatic hydroxyl groups is 1. The first kappa shape index (κ1) is 72.4. The Labute approximate surface area is 538 Å². The molecule has 4 bridgehead atoms. The van der Waals surface area contributed by atoms with Gasteiger partial charge < -0.3 is 71.0 Å². The molecule has 92 heavy (non-hydrogen) atoms. The van der Waals surface area contributed by atoms with E-state index in [0.717, 1.165) is 16.0 Å². The predicted octanol–water partition coefficient (Wildman–Crippen LogP) is 4.24. The standard InChI is InChI=1S/C63H85ClN10O18/c1-33(2)54(70-48(75)19-12-13-20-52(79)92-74-49(76)23-24-50(74)77)57(82)69-42(17-15-25-67-60(65)85)56(81)68-41-22-21-38(29-39(41)55(80)66-7)58(83)72(8)36(5)59(84)91-47-30-51(78)73(9)43-27-37(28-44(88-10)53(43)64)26-34(3)16-14-18-46(89-11)63(87)32-45(90-61(86)71-63)35(4)40-31-62(40,47)6/h14,16,18,21-22,27-29,33,35-36,40,42,45-47,54,87H,12-13,15,17,19-20,23-26,30-32H2,1-11H3,(H,66,80)(H,68,81)(H,69,82)(H,70,75)(H,71,86)(H3,65,67,85)/b18-14+,34-16+/t35-,36-,40-,42-,45-,46+,47-,54-,62+,63-/m0/s1. The summed E-state index contributed by atoms with van der Waals surface area (Å²) in [5, 5.41) is 28.0. The molecule has 4 aliphatic rings. The lowest BCUT2D eigenvalue weighted by molar-refractivity contribution is -0.197. The Bertz CT molecular complexity index is 3230. The van der Waals surface area contributed by atoms with E-state index in [-0.39, 0.29) is 98.5 Å². The zero-order valence-electron chi connectivity index (χ0n) is 53.7. The molecule has 9 N–H and O–H groups in total. The number of nitrogens with two attached hydrogens (primary N) is 1.